The normalized spacial score (nSPS) is 14.9. The molecular weight excluding hydrogens is 294 g/mol. The number of nitriles is 1. The Hall–Kier alpha value is -2.78. The lowest BCUT2D eigenvalue weighted by molar-refractivity contribution is 0.120. The van der Waals surface area contributed by atoms with Crippen LogP contribution in [0.1, 0.15) is 17.1 Å². The van der Waals surface area contributed by atoms with Gasteiger partial charge in [0.1, 0.15) is 11.8 Å². The molecule has 0 spiro atoms. The number of methoxy groups -OCH3 is 1. The first-order chi connectivity index (χ1) is 11.3. The summed E-state index contributed by atoms with van der Waals surface area (Å²) in [4.78, 5) is 6.22. The van der Waals surface area contributed by atoms with Gasteiger partial charge in [0.05, 0.1) is 20.3 Å². The predicted molar refractivity (Wildman–Crippen MR) is 86.2 cm³/mol. The van der Waals surface area contributed by atoms with Crippen molar-refractivity contribution in [1.82, 2.24) is 4.98 Å². The number of anilines is 1. The third kappa shape index (κ3) is 3.35. The lowest BCUT2D eigenvalue weighted by Crippen LogP contribution is -2.36. The van der Waals surface area contributed by atoms with Gasteiger partial charge in [0.25, 0.3) is 0 Å². The second-order valence-corrected chi connectivity index (χ2v) is 4.99. The van der Waals surface area contributed by atoms with Crippen LogP contribution in [0.4, 0.5) is 5.88 Å². The number of para-hydroxylation sites is 1. The van der Waals surface area contributed by atoms with E-state index in [4.69, 9.17) is 13.9 Å². The minimum absolute atomic E-state index is 0.298. The lowest BCUT2D eigenvalue weighted by atomic mass is 10.2. The summed E-state index contributed by atoms with van der Waals surface area (Å²) >= 11 is 0. The molecule has 2 heterocycles. The van der Waals surface area contributed by atoms with E-state index in [1.54, 1.807) is 13.2 Å². The van der Waals surface area contributed by atoms with Gasteiger partial charge in [0.2, 0.25) is 17.5 Å². The quantitative estimate of drug-likeness (QED) is 0.864. The highest BCUT2D eigenvalue weighted by Gasteiger charge is 2.20. The molecule has 1 saturated heterocycles. The fraction of sp³-hybridized carbons (Fsp3) is 0.294. The monoisotopic (exact) mass is 311 g/mol. The van der Waals surface area contributed by atoms with E-state index in [0.717, 1.165) is 11.3 Å². The minimum Gasteiger partial charge on any atom is -0.496 e. The molecule has 1 aliphatic heterocycles. The van der Waals surface area contributed by atoms with Crippen molar-refractivity contribution in [2.45, 2.75) is 0 Å². The SMILES string of the molecule is COc1ccccc1C=Cc1nc(C#N)c(N2CCOCC2)o1. The van der Waals surface area contributed by atoms with E-state index in [1.165, 1.54) is 0 Å². The number of oxazole rings is 1. The number of benzene rings is 1. The molecule has 0 unspecified atom stereocenters. The van der Waals surface area contributed by atoms with Crippen molar-refractivity contribution >= 4 is 18.0 Å². The molecule has 3 rings (SSSR count). The second kappa shape index (κ2) is 6.99. The van der Waals surface area contributed by atoms with Crippen LogP contribution in [0.5, 0.6) is 5.75 Å². The van der Waals surface area contributed by atoms with Crippen LogP contribution in [-0.4, -0.2) is 38.4 Å². The van der Waals surface area contributed by atoms with E-state index in [-0.39, 0.29) is 0 Å². The van der Waals surface area contributed by atoms with Crippen molar-refractivity contribution in [3.8, 4) is 11.8 Å². The van der Waals surface area contributed by atoms with Gasteiger partial charge >= 0.3 is 0 Å². The molecule has 1 aromatic carbocycles. The fourth-order valence-electron chi connectivity index (χ4n) is 2.42. The summed E-state index contributed by atoms with van der Waals surface area (Å²) in [6.07, 6.45) is 3.59. The Balaban J connectivity index is 1.85. The van der Waals surface area contributed by atoms with Crippen LogP contribution in [0.25, 0.3) is 12.2 Å². The van der Waals surface area contributed by atoms with Gasteiger partial charge in [-0.2, -0.15) is 10.2 Å². The highest BCUT2D eigenvalue weighted by atomic mass is 16.5. The minimum atomic E-state index is 0.298. The maximum atomic E-state index is 9.26. The van der Waals surface area contributed by atoms with E-state index >= 15 is 0 Å². The topological polar surface area (TPSA) is 71.5 Å². The largest absolute Gasteiger partial charge is 0.496 e. The second-order valence-electron chi connectivity index (χ2n) is 4.99. The van der Waals surface area contributed by atoms with Crippen LogP contribution in [0.2, 0.25) is 0 Å². The molecule has 0 N–H and O–H groups in total. The summed E-state index contributed by atoms with van der Waals surface area (Å²) in [5.74, 6) is 1.67. The molecule has 118 valence electrons. The van der Waals surface area contributed by atoms with Crippen molar-refractivity contribution in [3.63, 3.8) is 0 Å². The Morgan fingerprint density at radius 2 is 2.04 bits per heavy atom. The molecule has 1 aliphatic rings. The highest BCUT2D eigenvalue weighted by molar-refractivity contribution is 5.70. The van der Waals surface area contributed by atoms with Crippen molar-refractivity contribution in [3.05, 3.63) is 41.4 Å². The summed E-state index contributed by atoms with van der Waals surface area (Å²) in [5.41, 5.74) is 1.21. The van der Waals surface area contributed by atoms with Gasteiger partial charge < -0.3 is 18.8 Å². The molecule has 0 radical (unpaired) electrons. The van der Waals surface area contributed by atoms with Crippen LogP contribution in [0.15, 0.2) is 28.7 Å². The number of rotatable bonds is 4. The Kier molecular flexibility index (Phi) is 4.60. The number of hydrogen-bond acceptors (Lipinski definition) is 6. The standard InChI is InChI=1S/C17H17N3O3/c1-21-15-5-3-2-4-13(15)6-7-16-19-14(12-18)17(23-16)20-8-10-22-11-9-20/h2-7H,8-11H2,1H3. The fourth-order valence-corrected chi connectivity index (χ4v) is 2.42. The third-order valence-electron chi connectivity index (χ3n) is 3.57. The number of morpholine rings is 1. The van der Waals surface area contributed by atoms with E-state index < -0.39 is 0 Å². The number of aromatic nitrogens is 1. The number of nitrogens with zero attached hydrogens (tertiary/aromatic N) is 3. The van der Waals surface area contributed by atoms with Gasteiger partial charge in [0.15, 0.2) is 0 Å². The van der Waals surface area contributed by atoms with E-state index in [1.807, 2.05) is 35.2 Å². The summed E-state index contributed by atoms with van der Waals surface area (Å²) in [5, 5.41) is 9.26. The molecule has 0 amide bonds. The van der Waals surface area contributed by atoms with Gasteiger partial charge in [-0.25, -0.2) is 0 Å². The molecule has 23 heavy (non-hydrogen) atoms. The highest BCUT2D eigenvalue weighted by Crippen LogP contribution is 2.25. The molecular formula is C17H17N3O3. The molecule has 0 bridgehead atoms. The van der Waals surface area contributed by atoms with Gasteiger partial charge in [-0.3, -0.25) is 0 Å². The number of ether oxygens (including phenoxy) is 2. The Bertz CT molecular complexity index is 740. The molecule has 2 aromatic rings. The van der Waals surface area contributed by atoms with Gasteiger partial charge in [-0.1, -0.05) is 18.2 Å². The molecule has 6 nitrogen and oxygen atoms in total. The maximum absolute atomic E-state index is 9.26. The summed E-state index contributed by atoms with van der Waals surface area (Å²) in [7, 11) is 1.63. The van der Waals surface area contributed by atoms with E-state index in [0.29, 0.717) is 43.8 Å². The Labute approximate surface area is 134 Å². The predicted octanol–water partition coefficient (Wildman–Crippen LogP) is 2.56. The Morgan fingerprint density at radius 1 is 1.26 bits per heavy atom. The van der Waals surface area contributed by atoms with Gasteiger partial charge in [-0.05, 0) is 12.1 Å². The smallest absolute Gasteiger partial charge is 0.235 e. The van der Waals surface area contributed by atoms with Crippen LogP contribution in [0.3, 0.4) is 0 Å². The molecule has 1 aromatic heterocycles. The van der Waals surface area contributed by atoms with Crippen molar-refractivity contribution in [1.29, 1.82) is 5.26 Å². The maximum Gasteiger partial charge on any atom is 0.235 e. The first kappa shape index (κ1) is 15.1. The van der Waals surface area contributed by atoms with Gasteiger partial charge in [0, 0.05) is 24.7 Å². The Morgan fingerprint density at radius 3 is 2.78 bits per heavy atom. The molecule has 1 fully saturated rings. The molecule has 6 heteroatoms. The van der Waals surface area contributed by atoms with Crippen molar-refractivity contribution in [2.24, 2.45) is 0 Å². The van der Waals surface area contributed by atoms with E-state index in [2.05, 4.69) is 11.1 Å². The number of hydrogen-bond donors (Lipinski definition) is 0. The zero-order chi connectivity index (χ0) is 16.1. The van der Waals surface area contributed by atoms with Crippen LogP contribution in [0, 0.1) is 11.3 Å². The zero-order valence-electron chi connectivity index (χ0n) is 12.9. The van der Waals surface area contributed by atoms with E-state index in [9.17, 15) is 5.26 Å². The van der Waals surface area contributed by atoms with Crippen LogP contribution in [-0.2, 0) is 4.74 Å². The zero-order valence-corrected chi connectivity index (χ0v) is 12.9. The molecule has 0 saturated carbocycles. The van der Waals surface area contributed by atoms with Gasteiger partial charge in [-0.15, -0.1) is 0 Å². The first-order valence-corrected chi connectivity index (χ1v) is 7.36. The summed E-state index contributed by atoms with van der Waals surface area (Å²) in [6.45, 7) is 2.63. The lowest BCUT2D eigenvalue weighted by Gasteiger charge is -2.25. The molecule has 0 aliphatic carbocycles. The summed E-state index contributed by atoms with van der Waals surface area (Å²) < 4.78 is 16.4. The first-order valence-electron chi connectivity index (χ1n) is 7.36. The van der Waals surface area contributed by atoms with Crippen LogP contribution >= 0.6 is 0 Å². The average Bonchev–Trinajstić information content (AvgIpc) is 3.04. The average molecular weight is 311 g/mol. The summed E-state index contributed by atoms with van der Waals surface area (Å²) in [6, 6.07) is 9.75. The molecule has 0 atom stereocenters. The van der Waals surface area contributed by atoms with Crippen molar-refractivity contribution in [2.75, 3.05) is 38.3 Å². The third-order valence-corrected chi connectivity index (χ3v) is 3.57. The van der Waals surface area contributed by atoms with Crippen LogP contribution < -0.4 is 9.64 Å². The van der Waals surface area contributed by atoms with Crippen molar-refractivity contribution < 1.29 is 13.9 Å².